The number of carbonyl (C=O) groups excluding carboxylic acids is 1. The van der Waals surface area contributed by atoms with Gasteiger partial charge in [-0.05, 0) is 42.5 Å². The summed E-state index contributed by atoms with van der Waals surface area (Å²) in [4.78, 5) is 13.5. The highest BCUT2D eigenvalue weighted by Crippen LogP contribution is 2.36. The van der Waals surface area contributed by atoms with Crippen LogP contribution in [0.4, 0.5) is 5.69 Å². The maximum Gasteiger partial charge on any atom is 0.228 e. The summed E-state index contributed by atoms with van der Waals surface area (Å²) in [5.74, 6) is -0.00237. The first-order valence-corrected chi connectivity index (χ1v) is 10.1. The van der Waals surface area contributed by atoms with Gasteiger partial charge in [-0.3, -0.25) is 4.79 Å². The van der Waals surface area contributed by atoms with Gasteiger partial charge >= 0.3 is 0 Å². The zero-order chi connectivity index (χ0) is 19.9. The van der Waals surface area contributed by atoms with Gasteiger partial charge in [0.25, 0.3) is 0 Å². The number of para-hydroxylation sites is 1. The lowest BCUT2D eigenvalue weighted by Crippen LogP contribution is -2.29. The summed E-state index contributed by atoms with van der Waals surface area (Å²) in [6.07, 6.45) is 1.80. The van der Waals surface area contributed by atoms with E-state index in [0.29, 0.717) is 0 Å². The summed E-state index contributed by atoms with van der Waals surface area (Å²) in [5.41, 5.74) is 5.50. The molecule has 3 aromatic carbocycles. The van der Waals surface area contributed by atoms with Gasteiger partial charge in [0.2, 0.25) is 5.91 Å². The molecular formula is C26H29NO. The molecule has 0 radical (unpaired) electrons. The molecule has 0 aliphatic rings. The van der Waals surface area contributed by atoms with E-state index in [1.54, 1.807) is 0 Å². The van der Waals surface area contributed by atoms with Crippen molar-refractivity contribution in [2.75, 3.05) is 5.32 Å². The minimum Gasteiger partial charge on any atom is -0.325 e. The van der Waals surface area contributed by atoms with Crippen molar-refractivity contribution in [3.63, 3.8) is 0 Å². The molecule has 28 heavy (non-hydrogen) atoms. The number of hydrogen-bond donors (Lipinski definition) is 1. The van der Waals surface area contributed by atoms with E-state index in [4.69, 9.17) is 0 Å². The largest absolute Gasteiger partial charge is 0.325 e. The van der Waals surface area contributed by atoms with E-state index in [0.717, 1.165) is 29.7 Å². The minimum absolute atomic E-state index is 0.0340. The molecule has 1 amide bonds. The van der Waals surface area contributed by atoms with Crippen LogP contribution in [0.2, 0.25) is 0 Å². The molecule has 2 heteroatoms. The number of carbonyl (C=O) groups is 1. The monoisotopic (exact) mass is 371 g/mol. The van der Waals surface area contributed by atoms with Gasteiger partial charge in [-0.2, -0.15) is 0 Å². The van der Waals surface area contributed by atoms with Crippen molar-refractivity contribution >= 4 is 11.6 Å². The van der Waals surface area contributed by atoms with Gasteiger partial charge in [-0.25, -0.2) is 0 Å². The molecule has 0 aliphatic carbocycles. The zero-order valence-corrected chi connectivity index (χ0v) is 17.0. The Labute approximate surface area is 168 Å². The number of rotatable bonds is 7. The van der Waals surface area contributed by atoms with Crippen LogP contribution in [0, 0.1) is 19.8 Å². The van der Waals surface area contributed by atoms with Gasteiger partial charge in [-0.1, -0.05) is 92.2 Å². The standard InChI is InChI=1S/C26H29NO/c1-4-12-23(26(28)27-25-19(2)13-11-14-20(25)3)24(21-15-7-5-8-16-21)22-17-9-6-10-18-22/h5-11,13-18,23-24H,4,12H2,1-3H3,(H,27,28). The topological polar surface area (TPSA) is 29.1 Å². The van der Waals surface area contributed by atoms with Crippen molar-refractivity contribution in [1.82, 2.24) is 0 Å². The predicted octanol–water partition coefficient (Wildman–Crippen LogP) is 6.49. The second kappa shape index (κ2) is 9.36. The molecule has 144 valence electrons. The molecule has 0 spiro atoms. The molecule has 1 N–H and O–H groups in total. The Morgan fingerprint density at radius 1 is 0.786 bits per heavy atom. The average Bonchev–Trinajstić information content (AvgIpc) is 2.72. The highest BCUT2D eigenvalue weighted by molar-refractivity contribution is 5.95. The Balaban J connectivity index is 2.00. The minimum atomic E-state index is -0.131. The third-order valence-corrected chi connectivity index (χ3v) is 5.39. The Morgan fingerprint density at radius 3 is 1.75 bits per heavy atom. The van der Waals surface area contributed by atoms with Crippen molar-refractivity contribution in [1.29, 1.82) is 0 Å². The fourth-order valence-corrected chi connectivity index (χ4v) is 3.97. The van der Waals surface area contributed by atoms with Crippen molar-refractivity contribution in [2.24, 2.45) is 5.92 Å². The normalized spacial score (nSPS) is 12.0. The lowest BCUT2D eigenvalue weighted by atomic mass is 9.78. The molecule has 1 atom stereocenters. The quantitative estimate of drug-likeness (QED) is 0.505. The summed E-state index contributed by atoms with van der Waals surface area (Å²) >= 11 is 0. The molecule has 0 saturated carbocycles. The van der Waals surface area contributed by atoms with Gasteiger partial charge < -0.3 is 5.32 Å². The number of aryl methyl sites for hydroxylation is 2. The van der Waals surface area contributed by atoms with Crippen molar-refractivity contribution in [2.45, 2.75) is 39.5 Å². The molecule has 0 fully saturated rings. The van der Waals surface area contributed by atoms with E-state index in [1.165, 1.54) is 11.1 Å². The molecular weight excluding hydrogens is 342 g/mol. The van der Waals surface area contributed by atoms with E-state index >= 15 is 0 Å². The Morgan fingerprint density at radius 2 is 1.29 bits per heavy atom. The van der Waals surface area contributed by atoms with Crippen LogP contribution in [0.25, 0.3) is 0 Å². The van der Waals surface area contributed by atoms with Crippen LogP contribution in [0.3, 0.4) is 0 Å². The number of benzene rings is 3. The van der Waals surface area contributed by atoms with Gasteiger partial charge in [0.1, 0.15) is 0 Å². The van der Waals surface area contributed by atoms with Gasteiger partial charge in [-0.15, -0.1) is 0 Å². The number of anilines is 1. The third-order valence-electron chi connectivity index (χ3n) is 5.39. The molecule has 1 unspecified atom stereocenters. The Bertz CT molecular complexity index is 842. The van der Waals surface area contributed by atoms with Gasteiger partial charge in [0.15, 0.2) is 0 Å². The Kier molecular flexibility index (Phi) is 6.65. The molecule has 0 saturated heterocycles. The van der Waals surface area contributed by atoms with Crippen LogP contribution in [0.5, 0.6) is 0 Å². The lowest BCUT2D eigenvalue weighted by Gasteiger charge is -2.28. The summed E-state index contributed by atoms with van der Waals surface area (Å²) in [6, 6.07) is 26.9. The van der Waals surface area contributed by atoms with Crippen molar-refractivity contribution in [3.05, 3.63) is 101 Å². The van der Waals surface area contributed by atoms with E-state index < -0.39 is 0 Å². The fraction of sp³-hybridized carbons (Fsp3) is 0.269. The van der Waals surface area contributed by atoms with Crippen molar-refractivity contribution in [3.8, 4) is 0 Å². The highest BCUT2D eigenvalue weighted by atomic mass is 16.1. The molecule has 2 nitrogen and oxygen atoms in total. The lowest BCUT2D eigenvalue weighted by molar-refractivity contribution is -0.120. The van der Waals surface area contributed by atoms with Crippen LogP contribution in [-0.4, -0.2) is 5.91 Å². The molecule has 0 heterocycles. The van der Waals surface area contributed by atoms with E-state index in [1.807, 2.05) is 44.2 Å². The van der Waals surface area contributed by atoms with E-state index in [2.05, 4.69) is 60.8 Å². The highest BCUT2D eigenvalue weighted by Gasteiger charge is 2.30. The SMILES string of the molecule is CCCC(C(=O)Nc1c(C)cccc1C)C(c1ccccc1)c1ccccc1. The summed E-state index contributed by atoms with van der Waals surface area (Å²) < 4.78 is 0. The van der Waals surface area contributed by atoms with Crippen LogP contribution < -0.4 is 5.32 Å². The van der Waals surface area contributed by atoms with E-state index in [-0.39, 0.29) is 17.7 Å². The molecule has 0 aromatic heterocycles. The molecule has 0 bridgehead atoms. The maximum atomic E-state index is 13.5. The fourth-order valence-electron chi connectivity index (χ4n) is 3.97. The summed E-state index contributed by atoms with van der Waals surface area (Å²) in [5, 5.41) is 3.24. The second-order valence-corrected chi connectivity index (χ2v) is 7.45. The van der Waals surface area contributed by atoms with Crippen LogP contribution in [0.1, 0.15) is 47.9 Å². The number of amides is 1. The maximum absolute atomic E-state index is 13.5. The molecule has 3 aromatic rings. The first kappa shape index (κ1) is 19.9. The smallest absolute Gasteiger partial charge is 0.228 e. The number of nitrogens with one attached hydrogen (secondary N) is 1. The average molecular weight is 372 g/mol. The van der Waals surface area contributed by atoms with Crippen molar-refractivity contribution < 1.29 is 4.79 Å². The van der Waals surface area contributed by atoms with E-state index in [9.17, 15) is 4.79 Å². The van der Waals surface area contributed by atoms with Crippen LogP contribution in [0.15, 0.2) is 78.9 Å². The summed E-state index contributed by atoms with van der Waals surface area (Å²) in [7, 11) is 0. The zero-order valence-electron chi connectivity index (χ0n) is 17.0. The van der Waals surface area contributed by atoms with Gasteiger partial charge in [0.05, 0.1) is 0 Å². The van der Waals surface area contributed by atoms with Gasteiger partial charge in [0, 0.05) is 17.5 Å². The predicted molar refractivity (Wildman–Crippen MR) is 118 cm³/mol. The first-order chi connectivity index (χ1) is 13.6. The Hall–Kier alpha value is -2.87. The van der Waals surface area contributed by atoms with Crippen LogP contribution in [-0.2, 0) is 4.79 Å². The molecule has 3 rings (SSSR count). The first-order valence-electron chi connectivity index (χ1n) is 10.1. The molecule has 0 aliphatic heterocycles. The number of hydrogen-bond acceptors (Lipinski definition) is 1. The van der Waals surface area contributed by atoms with Crippen LogP contribution >= 0.6 is 0 Å². The summed E-state index contributed by atoms with van der Waals surface area (Å²) in [6.45, 7) is 6.24. The third kappa shape index (κ3) is 4.51. The second-order valence-electron chi connectivity index (χ2n) is 7.45.